The Labute approximate surface area is 194 Å². The number of sulfonamides is 1. The molecule has 160 valence electrons. The molecule has 0 unspecified atom stereocenters. The monoisotopic (exact) mass is 519 g/mol. The van der Waals surface area contributed by atoms with Crippen LogP contribution >= 0.6 is 27.5 Å². The van der Waals surface area contributed by atoms with Crippen molar-refractivity contribution in [1.29, 1.82) is 0 Å². The van der Waals surface area contributed by atoms with Gasteiger partial charge >= 0.3 is 0 Å². The van der Waals surface area contributed by atoms with E-state index in [4.69, 9.17) is 11.6 Å². The summed E-state index contributed by atoms with van der Waals surface area (Å²) in [6, 6.07) is 20.1. The van der Waals surface area contributed by atoms with Crippen LogP contribution in [0.15, 0.2) is 87.3 Å². The molecule has 1 N–H and O–H groups in total. The molecular formula is C22H19BrClN3O3S. The number of nitrogens with zero attached hydrogens (tertiary/aromatic N) is 2. The van der Waals surface area contributed by atoms with Gasteiger partial charge in [0.05, 0.1) is 16.8 Å². The van der Waals surface area contributed by atoms with Crippen LogP contribution in [0.2, 0.25) is 5.02 Å². The highest BCUT2D eigenvalue weighted by molar-refractivity contribution is 9.10. The summed E-state index contributed by atoms with van der Waals surface area (Å²) in [5.41, 5.74) is 4.23. The number of aryl methyl sites for hydroxylation is 1. The van der Waals surface area contributed by atoms with Crippen LogP contribution in [0.1, 0.15) is 11.1 Å². The SMILES string of the molecule is Cc1ccc(N(CC(=O)N/N=C\c2cccc(Br)c2)S(=O)(=O)c2ccccc2)cc1Cl. The number of hydrogen-bond acceptors (Lipinski definition) is 4. The minimum Gasteiger partial charge on any atom is -0.271 e. The lowest BCUT2D eigenvalue weighted by Gasteiger charge is -2.24. The Morgan fingerprint density at radius 2 is 1.84 bits per heavy atom. The standard InChI is InChI=1S/C22H19BrClN3O3S/c1-16-10-11-19(13-21(16)24)27(31(29,30)20-8-3-2-4-9-20)15-22(28)26-25-14-17-6-5-7-18(23)12-17/h2-14H,15H2,1H3,(H,26,28)/b25-14-. The first-order chi connectivity index (χ1) is 14.8. The van der Waals surface area contributed by atoms with Crippen molar-refractivity contribution in [3.05, 3.63) is 93.4 Å². The topological polar surface area (TPSA) is 78.8 Å². The third-order valence-electron chi connectivity index (χ3n) is 4.31. The Morgan fingerprint density at radius 3 is 2.52 bits per heavy atom. The van der Waals surface area contributed by atoms with E-state index in [1.54, 1.807) is 30.3 Å². The normalized spacial score (nSPS) is 11.5. The maximum absolute atomic E-state index is 13.3. The number of nitrogens with one attached hydrogen (secondary N) is 1. The largest absolute Gasteiger partial charge is 0.271 e. The maximum atomic E-state index is 13.3. The van der Waals surface area contributed by atoms with E-state index in [9.17, 15) is 13.2 Å². The van der Waals surface area contributed by atoms with E-state index in [2.05, 4.69) is 26.5 Å². The van der Waals surface area contributed by atoms with Gasteiger partial charge in [-0.3, -0.25) is 9.10 Å². The van der Waals surface area contributed by atoms with Gasteiger partial charge in [0, 0.05) is 9.50 Å². The number of rotatable bonds is 7. The fourth-order valence-corrected chi connectivity index (χ4v) is 4.73. The molecule has 3 rings (SSSR count). The Morgan fingerprint density at radius 1 is 1.10 bits per heavy atom. The Bertz CT molecular complexity index is 1220. The molecule has 3 aromatic carbocycles. The molecule has 0 radical (unpaired) electrons. The zero-order valence-electron chi connectivity index (χ0n) is 16.5. The summed E-state index contributed by atoms with van der Waals surface area (Å²) in [5.74, 6) is -0.595. The molecule has 1 amide bonds. The van der Waals surface area contributed by atoms with Crippen LogP contribution in [0.25, 0.3) is 0 Å². The average Bonchev–Trinajstić information content (AvgIpc) is 2.75. The van der Waals surface area contributed by atoms with Crippen molar-refractivity contribution >= 4 is 55.4 Å². The molecule has 0 spiro atoms. The smallest absolute Gasteiger partial charge is 0.264 e. The average molecular weight is 521 g/mol. The van der Waals surface area contributed by atoms with Gasteiger partial charge in [0.15, 0.2) is 0 Å². The van der Waals surface area contributed by atoms with Gasteiger partial charge in [0.2, 0.25) is 0 Å². The highest BCUT2D eigenvalue weighted by Gasteiger charge is 2.27. The van der Waals surface area contributed by atoms with Crippen molar-refractivity contribution in [2.75, 3.05) is 10.8 Å². The highest BCUT2D eigenvalue weighted by atomic mass is 79.9. The number of anilines is 1. The van der Waals surface area contributed by atoms with Crippen molar-refractivity contribution < 1.29 is 13.2 Å². The fourth-order valence-electron chi connectivity index (χ4n) is 2.70. The molecule has 6 nitrogen and oxygen atoms in total. The minimum absolute atomic E-state index is 0.0668. The first kappa shape index (κ1) is 23.0. The van der Waals surface area contributed by atoms with Crippen LogP contribution < -0.4 is 9.73 Å². The van der Waals surface area contributed by atoms with Gasteiger partial charge in [0.25, 0.3) is 15.9 Å². The summed E-state index contributed by atoms with van der Waals surface area (Å²) in [7, 11) is -4.01. The number of halogens is 2. The number of carbonyl (C=O) groups is 1. The third-order valence-corrected chi connectivity index (χ3v) is 7.00. The predicted octanol–water partition coefficient (Wildman–Crippen LogP) is 4.76. The predicted molar refractivity (Wildman–Crippen MR) is 127 cm³/mol. The number of carbonyl (C=O) groups excluding carboxylic acids is 1. The number of benzene rings is 3. The summed E-state index contributed by atoms with van der Waals surface area (Å²) >= 11 is 9.57. The van der Waals surface area contributed by atoms with Crippen LogP contribution in [0.5, 0.6) is 0 Å². The lowest BCUT2D eigenvalue weighted by atomic mass is 10.2. The first-order valence-corrected chi connectivity index (χ1v) is 11.8. The number of amides is 1. The van der Waals surface area contributed by atoms with Gasteiger partial charge in [-0.25, -0.2) is 13.8 Å². The molecule has 0 saturated carbocycles. The second-order valence-electron chi connectivity index (χ2n) is 6.61. The number of hydrogen-bond donors (Lipinski definition) is 1. The van der Waals surface area contributed by atoms with Crippen molar-refractivity contribution in [2.24, 2.45) is 5.10 Å². The Kier molecular flexibility index (Phi) is 7.48. The van der Waals surface area contributed by atoms with Crippen LogP contribution in [0.4, 0.5) is 5.69 Å². The van der Waals surface area contributed by atoms with Crippen molar-refractivity contribution in [2.45, 2.75) is 11.8 Å². The summed E-state index contributed by atoms with van der Waals surface area (Å²) < 4.78 is 28.4. The van der Waals surface area contributed by atoms with E-state index >= 15 is 0 Å². The molecule has 31 heavy (non-hydrogen) atoms. The summed E-state index contributed by atoms with van der Waals surface area (Å²) in [6.45, 7) is 1.35. The lowest BCUT2D eigenvalue weighted by molar-refractivity contribution is -0.119. The molecule has 0 bridgehead atoms. The van der Waals surface area contributed by atoms with Gasteiger partial charge < -0.3 is 0 Å². The summed E-state index contributed by atoms with van der Waals surface area (Å²) in [5, 5.41) is 4.32. The minimum atomic E-state index is -4.01. The number of hydrazone groups is 1. The van der Waals surface area contributed by atoms with Crippen molar-refractivity contribution in [1.82, 2.24) is 5.43 Å². The van der Waals surface area contributed by atoms with E-state index in [-0.39, 0.29) is 10.6 Å². The molecular weight excluding hydrogens is 502 g/mol. The van der Waals surface area contributed by atoms with E-state index < -0.39 is 22.5 Å². The van der Waals surface area contributed by atoms with E-state index in [0.717, 1.165) is 19.9 Å². The molecule has 0 aliphatic carbocycles. The fraction of sp³-hybridized carbons (Fsp3) is 0.0909. The van der Waals surface area contributed by atoms with Crippen LogP contribution in [-0.4, -0.2) is 27.1 Å². The van der Waals surface area contributed by atoms with E-state index in [1.165, 1.54) is 24.4 Å². The van der Waals surface area contributed by atoms with Crippen molar-refractivity contribution in [3.63, 3.8) is 0 Å². The van der Waals surface area contributed by atoms with Crippen molar-refractivity contribution in [3.8, 4) is 0 Å². The summed E-state index contributed by atoms with van der Waals surface area (Å²) in [4.78, 5) is 12.6. The molecule has 3 aromatic rings. The van der Waals surface area contributed by atoms with Crippen LogP contribution in [0, 0.1) is 6.92 Å². The molecule has 0 fully saturated rings. The quantitative estimate of drug-likeness (QED) is 0.360. The second-order valence-corrected chi connectivity index (χ2v) is 9.79. The molecule has 0 aromatic heterocycles. The van der Waals surface area contributed by atoms with Crippen LogP contribution in [-0.2, 0) is 14.8 Å². The molecule has 0 heterocycles. The zero-order valence-corrected chi connectivity index (χ0v) is 19.7. The summed E-state index contributed by atoms with van der Waals surface area (Å²) in [6.07, 6.45) is 1.47. The Hall–Kier alpha value is -2.68. The van der Waals surface area contributed by atoms with E-state index in [1.807, 2.05) is 31.2 Å². The van der Waals surface area contributed by atoms with Gasteiger partial charge in [-0.2, -0.15) is 5.10 Å². The van der Waals surface area contributed by atoms with Gasteiger partial charge in [-0.1, -0.05) is 63.9 Å². The maximum Gasteiger partial charge on any atom is 0.264 e. The zero-order chi connectivity index (χ0) is 22.4. The molecule has 0 aliphatic heterocycles. The molecule has 9 heteroatoms. The highest BCUT2D eigenvalue weighted by Crippen LogP contribution is 2.27. The second kappa shape index (κ2) is 10.1. The third kappa shape index (κ3) is 5.94. The van der Waals surface area contributed by atoms with Gasteiger partial charge in [-0.05, 0) is 54.4 Å². The molecule has 0 atom stereocenters. The molecule has 0 aliphatic rings. The van der Waals surface area contributed by atoms with E-state index in [0.29, 0.717) is 5.02 Å². The lowest BCUT2D eigenvalue weighted by Crippen LogP contribution is -2.39. The first-order valence-electron chi connectivity index (χ1n) is 9.19. The van der Waals surface area contributed by atoms with Gasteiger partial charge in [0.1, 0.15) is 6.54 Å². The molecule has 0 saturated heterocycles. The Balaban J connectivity index is 1.86. The van der Waals surface area contributed by atoms with Crippen LogP contribution in [0.3, 0.4) is 0 Å². The van der Waals surface area contributed by atoms with Gasteiger partial charge in [-0.15, -0.1) is 0 Å².